The predicted molar refractivity (Wildman–Crippen MR) is 68.3 cm³/mol. The van der Waals surface area contributed by atoms with Gasteiger partial charge in [-0.1, -0.05) is 15.9 Å². The summed E-state index contributed by atoms with van der Waals surface area (Å²) in [6.07, 6.45) is 5.73. The Kier molecular flexibility index (Phi) is 3.63. The van der Waals surface area contributed by atoms with E-state index in [0.29, 0.717) is 17.2 Å². The molecule has 16 heavy (non-hydrogen) atoms. The Labute approximate surface area is 103 Å². The van der Waals surface area contributed by atoms with Crippen molar-refractivity contribution in [1.29, 1.82) is 0 Å². The second kappa shape index (κ2) is 4.99. The van der Waals surface area contributed by atoms with Crippen LogP contribution >= 0.6 is 15.9 Å². The molecule has 4 nitrogen and oxygen atoms in total. The fourth-order valence-corrected chi connectivity index (χ4v) is 2.69. The molecule has 0 aromatic carbocycles. The van der Waals surface area contributed by atoms with Crippen molar-refractivity contribution in [3.8, 4) is 0 Å². The van der Waals surface area contributed by atoms with Crippen molar-refractivity contribution in [3.63, 3.8) is 0 Å². The number of anilines is 1. The molecule has 0 spiro atoms. The number of piperidine rings is 1. The average molecular weight is 286 g/mol. The number of hydrogen-bond acceptors (Lipinski definition) is 3. The van der Waals surface area contributed by atoms with Gasteiger partial charge in [0.2, 0.25) is 0 Å². The Morgan fingerprint density at radius 1 is 1.62 bits per heavy atom. The highest BCUT2D eigenvalue weighted by Crippen LogP contribution is 2.19. The van der Waals surface area contributed by atoms with Crippen LogP contribution in [-0.4, -0.2) is 27.5 Å². The second-order valence-corrected chi connectivity index (χ2v) is 5.32. The zero-order valence-electron chi connectivity index (χ0n) is 9.40. The van der Waals surface area contributed by atoms with Crippen LogP contribution in [0.3, 0.4) is 0 Å². The number of rotatable bonds is 2. The third-order valence-corrected chi connectivity index (χ3v) is 3.65. The third-order valence-electron chi connectivity index (χ3n) is 2.90. The van der Waals surface area contributed by atoms with Crippen LogP contribution in [-0.2, 0) is 6.54 Å². The summed E-state index contributed by atoms with van der Waals surface area (Å²) in [5.74, 6) is 0.591. The maximum atomic E-state index is 12.0. The molecule has 0 bridgehead atoms. The third kappa shape index (κ3) is 2.29. The minimum atomic E-state index is 0.0200. The largest absolute Gasteiger partial charge is 0.351 e. The summed E-state index contributed by atoms with van der Waals surface area (Å²) in [6.45, 7) is 4.46. The molecule has 2 rings (SSSR count). The first-order valence-electron chi connectivity index (χ1n) is 5.67. The van der Waals surface area contributed by atoms with Gasteiger partial charge in [0.15, 0.2) is 5.82 Å². The SMILES string of the molecule is CCn1ccnc(N2CCCC(Br)C2)c1=O. The zero-order chi connectivity index (χ0) is 11.5. The van der Waals surface area contributed by atoms with Gasteiger partial charge in [0.05, 0.1) is 0 Å². The lowest BCUT2D eigenvalue weighted by Gasteiger charge is -2.30. The van der Waals surface area contributed by atoms with Gasteiger partial charge in [-0.25, -0.2) is 4.98 Å². The van der Waals surface area contributed by atoms with E-state index in [1.54, 1.807) is 17.0 Å². The van der Waals surface area contributed by atoms with E-state index >= 15 is 0 Å². The lowest BCUT2D eigenvalue weighted by atomic mass is 10.1. The van der Waals surface area contributed by atoms with Crippen molar-refractivity contribution < 1.29 is 0 Å². The van der Waals surface area contributed by atoms with Gasteiger partial charge in [-0.2, -0.15) is 0 Å². The number of aromatic nitrogens is 2. The monoisotopic (exact) mass is 285 g/mol. The lowest BCUT2D eigenvalue weighted by Crippen LogP contribution is -2.40. The lowest BCUT2D eigenvalue weighted by molar-refractivity contribution is 0.583. The predicted octanol–water partition coefficient (Wildman–Crippen LogP) is 1.63. The van der Waals surface area contributed by atoms with Crippen molar-refractivity contribution in [1.82, 2.24) is 9.55 Å². The van der Waals surface area contributed by atoms with Gasteiger partial charge in [-0.3, -0.25) is 4.79 Å². The van der Waals surface area contributed by atoms with Gasteiger partial charge in [-0.05, 0) is 19.8 Å². The maximum absolute atomic E-state index is 12.0. The highest BCUT2D eigenvalue weighted by atomic mass is 79.9. The summed E-state index contributed by atoms with van der Waals surface area (Å²) in [6, 6.07) is 0. The highest BCUT2D eigenvalue weighted by molar-refractivity contribution is 9.09. The molecule has 1 aliphatic heterocycles. The summed E-state index contributed by atoms with van der Waals surface area (Å²) in [7, 11) is 0. The van der Waals surface area contributed by atoms with Crippen molar-refractivity contribution >= 4 is 21.7 Å². The molecule has 1 atom stereocenters. The molecule has 1 fully saturated rings. The molecule has 0 saturated carbocycles. The van der Waals surface area contributed by atoms with Crippen LogP contribution in [0.2, 0.25) is 0 Å². The Hall–Kier alpha value is -0.840. The van der Waals surface area contributed by atoms with E-state index in [1.807, 2.05) is 6.92 Å². The van der Waals surface area contributed by atoms with Crippen LogP contribution in [0.15, 0.2) is 17.2 Å². The molecule has 0 N–H and O–H groups in total. The van der Waals surface area contributed by atoms with Crippen LogP contribution in [0, 0.1) is 0 Å². The van der Waals surface area contributed by atoms with Gasteiger partial charge in [0.25, 0.3) is 5.56 Å². The van der Waals surface area contributed by atoms with Gasteiger partial charge < -0.3 is 9.47 Å². The number of nitrogens with zero attached hydrogens (tertiary/aromatic N) is 3. The van der Waals surface area contributed by atoms with E-state index < -0.39 is 0 Å². The number of halogens is 1. The van der Waals surface area contributed by atoms with E-state index in [1.165, 1.54) is 6.42 Å². The molecule has 1 aliphatic rings. The average Bonchev–Trinajstić information content (AvgIpc) is 2.29. The fraction of sp³-hybridized carbons (Fsp3) is 0.636. The Morgan fingerprint density at radius 3 is 3.12 bits per heavy atom. The first-order chi connectivity index (χ1) is 7.72. The summed E-state index contributed by atoms with van der Waals surface area (Å²) in [4.78, 5) is 18.8. The van der Waals surface area contributed by atoms with Crippen molar-refractivity contribution in [2.75, 3.05) is 18.0 Å². The molecule has 88 valence electrons. The normalized spacial score (nSPS) is 21.1. The van der Waals surface area contributed by atoms with Crippen LogP contribution in [0.25, 0.3) is 0 Å². The van der Waals surface area contributed by atoms with E-state index in [9.17, 15) is 4.79 Å². The molecular formula is C11H16BrN3O. The number of alkyl halides is 1. The molecular weight excluding hydrogens is 270 g/mol. The Balaban J connectivity index is 2.29. The van der Waals surface area contributed by atoms with Crippen molar-refractivity contribution in [2.45, 2.75) is 31.1 Å². The topological polar surface area (TPSA) is 38.1 Å². The van der Waals surface area contributed by atoms with Gasteiger partial charge in [0, 0.05) is 36.9 Å². The summed E-state index contributed by atoms with van der Waals surface area (Å²) < 4.78 is 1.69. The quantitative estimate of drug-likeness (QED) is 0.776. The van der Waals surface area contributed by atoms with Gasteiger partial charge >= 0.3 is 0 Å². The number of aryl methyl sites for hydroxylation is 1. The minimum Gasteiger partial charge on any atom is -0.351 e. The molecule has 1 unspecified atom stereocenters. The fourth-order valence-electron chi connectivity index (χ4n) is 2.02. The molecule has 5 heteroatoms. The number of hydrogen-bond donors (Lipinski definition) is 0. The van der Waals surface area contributed by atoms with Crippen molar-refractivity contribution in [3.05, 3.63) is 22.7 Å². The standard InChI is InChI=1S/C11H16BrN3O/c1-2-14-7-5-13-10(11(14)16)15-6-3-4-9(12)8-15/h5,7,9H,2-4,6,8H2,1H3. The van der Waals surface area contributed by atoms with Gasteiger partial charge in [0.1, 0.15) is 0 Å². The maximum Gasteiger partial charge on any atom is 0.293 e. The Morgan fingerprint density at radius 2 is 2.44 bits per heavy atom. The molecule has 1 aromatic rings. The smallest absolute Gasteiger partial charge is 0.293 e. The van der Waals surface area contributed by atoms with Crippen LogP contribution in [0.4, 0.5) is 5.82 Å². The summed E-state index contributed by atoms with van der Waals surface area (Å²) in [5, 5.41) is 0. The highest BCUT2D eigenvalue weighted by Gasteiger charge is 2.21. The van der Waals surface area contributed by atoms with Crippen molar-refractivity contribution in [2.24, 2.45) is 0 Å². The summed E-state index contributed by atoms with van der Waals surface area (Å²) >= 11 is 3.61. The second-order valence-electron chi connectivity index (χ2n) is 4.03. The summed E-state index contributed by atoms with van der Waals surface area (Å²) in [5.41, 5.74) is 0.0200. The van der Waals surface area contributed by atoms with Gasteiger partial charge in [-0.15, -0.1) is 0 Å². The molecule has 1 saturated heterocycles. The molecule has 0 amide bonds. The van der Waals surface area contributed by atoms with E-state index in [2.05, 4.69) is 25.8 Å². The minimum absolute atomic E-state index is 0.0200. The molecule has 1 aromatic heterocycles. The Bertz CT molecular complexity index is 418. The van der Waals surface area contributed by atoms with E-state index in [0.717, 1.165) is 19.5 Å². The van der Waals surface area contributed by atoms with E-state index in [-0.39, 0.29) is 5.56 Å². The van der Waals surface area contributed by atoms with Crippen LogP contribution in [0.5, 0.6) is 0 Å². The zero-order valence-corrected chi connectivity index (χ0v) is 11.0. The van der Waals surface area contributed by atoms with E-state index in [4.69, 9.17) is 0 Å². The molecule has 2 heterocycles. The van der Waals surface area contributed by atoms with Crippen LogP contribution < -0.4 is 10.5 Å². The van der Waals surface area contributed by atoms with Crippen LogP contribution in [0.1, 0.15) is 19.8 Å². The molecule has 0 aliphatic carbocycles. The first-order valence-corrected chi connectivity index (χ1v) is 6.58. The first kappa shape index (κ1) is 11.6. The molecule has 0 radical (unpaired) electrons.